The summed E-state index contributed by atoms with van der Waals surface area (Å²) in [6, 6.07) is 4.50. The molecule has 29 heavy (non-hydrogen) atoms. The van der Waals surface area contributed by atoms with Crippen LogP contribution in [0.15, 0.2) is 29.2 Å². The van der Waals surface area contributed by atoms with Gasteiger partial charge in [-0.15, -0.1) is 13.2 Å². The summed E-state index contributed by atoms with van der Waals surface area (Å²) in [5.74, 6) is -0.414. The number of likely N-dealkylation sites (N-methyl/N-ethyl adjacent to an activating group) is 1. The molecule has 2 fully saturated rings. The van der Waals surface area contributed by atoms with Crippen molar-refractivity contribution in [3.05, 3.63) is 24.3 Å². The monoisotopic (exact) mass is 435 g/mol. The topological polar surface area (TPSA) is 70.2 Å². The number of amides is 1. The molecule has 1 heterocycles. The van der Waals surface area contributed by atoms with Crippen molar-refractivity contribution in [3.63, 3.8) is 0 Å². The SMILES string of the molecule is CCN(C(=O)CN1CCN(S(=O)(=O)c2ccc(OC(F)(F)F)cc2)CC1)C1CC1. The molecule has 11 heteroatoms. The van der Waals surface area contributed by atoms with Crippen molar-refractivity contribution in [1.82, 2.24) is 14.1 Å². The number of ether oxygens (including phenoxy) is 1. The van der Waals surface area contributed by atoms with Crippen LogP contribution in [0.1, 0.15) is 19.8 Å². The number of carbonyl (C=O) groups excluding carboxylic acids is 1. The Bertz CT molecular complexity index is 818. The Morgan fingerprint density at radius 2 is 1.72 bits per heavy atom. The number of nitrogens with zero attached hydrogens (tertiary/aromatic N) is 3. The van der Waals surface area contributed by atoms with E-state index in [4.69, 9.17) is 0 Å². The second kappa shape index (κ2) is 8.49. The highest BCUT2D eigenvalue weighted by Crippen LogP contribution is 2.27. The Labute approximate surface area is 168 Å². The smallest absolute Gasteiger partial charge is 0.406 e. The Kier molecular flexibility index (Phi) is 6.39. The summed E-state index contributed by atoms with van der Waals surface area (Å²) in [5, 5.41) is 0. The van der Waals surface area contributed by atoms with Gasteiger partial charge in [0, 0.05) is 38.8 Å². The average molecular weight is 435 g/mol. The molecule has 0 radical (unpaired) electrons. The van der Waals surface area contributed by atoms with E-state index in [1.165, 1.54) is 4.31 Å². The number of hydrogen-bond donors (Lipinski definition) is 0. The summed E-state index contributed by atoms with van der Waals surface area (Å²) >= 11 is 0. The summed E-state index contributed by atoms with van der Waals surface area (Å²) < 4.78 is 67.2. The number of rotatable bonds is 7. The minimum Gasteiger partial charge on any atom is -0.406 e. The van der Waals surface area contributed by atoms with Crippen LogP contribution in [0, 0.1) is 0 Å². The first kappa shape index (κ1) is 21.8. The zero-order valence-corrected chi connectivity index (χ0v) is 16.9. The highest BCUT2D eigenvalue weighted by atomic mass is 32.2. The predicted octanol–water partition coefficient (Wildman–Crippen LogP) is 1.90. The van der Waals surface area contributed by atoms with E-state index in [-0.39, 0.29) is 30.4 Å². The van der Waals surface area contributed by atoms with E-state index in [0.29, 0.717) is 25.7 Å². The Morgan fingerprint density at radius 1 is 1.14 bits per heavy atom. The van der Waals surface area contributed by atoms with Crippen LogP contribution in [0.3, 0.4) is 0 Å². The summed E-state index contributed by atoms with van der Waals surface area (Å²) in [6.07, 6.45) is -2.75. The lowest BCUT2D eigenvalue weighted by molar-refractivity contribution is -0.274. The van der Waals surface area contributed by atoms with Crippen LogP contribution in [0.25, 0.3) is 0 Å². The minimum absolute atomic E-state index is 0.0616. The molecule has 1 aromatic rings. The third-order valence-electron chi connectivity index (χ3n) is 5.03. The van der Waals surface area contributed by atoms with Crippen LogP contribution in [0.5, 0.6) is 5.75 Å². The largest absolute Gasteiger partial charge is 0.573 e. The van der Waals surface area contributed by atoms with Crippen molar-refractivity contribution in [3.8, 4) is 5.75 Å². The Morgan fingerprint density at radius 3 is 2.21 bits per heavy atom. The fraction of sp³-hybridized carbons (Fsp3) is 0.611. The number of piperazine rings is 1. The van der Waals surface area contributed by atoms with E-state index < -0.39 is 22.1 Å². The van der Waals surface area contributed by atoms with E-state index in [1.54, 1.807) is 0 Å². The van der Waals surface area contributed by atoms with Crippen molar-refractivity contribution in [2.75, 3.05) is 39.3 Å². The number of sulfonamides is 1. The molecule has 0 aromatic heterocycles. The molecule has 0 bridgehead atoms. The fourth-order valence-corrected chi connectivity index (χ4v) is 4.82. The maximum atomic E-state index is 12.7. The van der Waals surface area contributed by atoms with Gasteiger partial charge >= 0.3 is 6.36 Å². The molecule has 1 amide bonds. The molecule has 1 aliphatic heterocycles. The lowest BCUT2D eigenvalue weighted by Gasteiger charge is -2.34. The van der Waals surface area contributed by atoms with E-state index in [9.17, 15) is 26.4 Å². The number of hydrogen-bond acceptors (Lipinski definition) is 5. The van der Waals surface area contributed by atoms with Gasteiger partial charge in [-0.05, 0) is 44.0 Å². The molecule has 1 aliphatic carbocycles. The first-order chi connectivity index (χ1) is 13.6. The Hall–Kier alpha value is -1.85. The molecule has 1 saturated heterocycles. The van der Waals surface area contributed by atoms with Gasteiger partial charge in [-0.2, -0.15) is 4.31 Å². The van der Waals surface area contributed by atoms with Crippen molar-refractivity contribution in [2.24, 2.45) is 0 Å². The molecule has 0 atom stereocenters. The van der Waals surface area contributed by atoms with Crippen LogP contribution in [-0.2, 0) is 14.8 Å². The summed E-state index contributed by atoms with van der Waals surface area (Å²) in [7, 11) is -3.82. The van der Waals surface area contributed by atoms with E-state index in [2.05, 4.69) is 4.74 Å². The average Bonchev–Trinajstić information content (AvgIpc) is 3.47. The molecule has 0 N–H and O–H groups in total. The van der Waals surface area contributed by atoms with Crippen LogP contribution in [-0.4, -0.2) is 80.1 Å². The summed E-state index contributed by atoms with van der Waals surface area (Å²) in [5.41, 5.74) is 0. The number of halogens is 3. The first-order valence-corrected chi connectivity index (χ1v) is 10.9. The molecular formula is C18H24F3N3O4S. The number of alkyl halides is 3. The van der Waals surface area contributed by atoms with Crippen LogP contribution in [0.2, 0.25) is 0 Å². The van der Waals surface area contributed by atoms with Gasteiger partial charge < -0.3 is 9.64 Å². The van der Waals surface area contributed by atoms with E-state index in [0.717, 1.165) is 37.1 Å². The molecule has 162 valence electrons. The highest BCUT2D eigenvalue weighted by molar-refractivity contribution is 7.89. The van der Waals surface area contributed by atoms with Gasteiger partial charge in [-0.3, -0.25) is 9.69 Å². The minimum atomic E-state index is -4.83. The summed E-state index contributed by atoms with van der Waals surface area (Å²) in [6.45, 7) is 4.15. The lowest BCUT2D eigenvalue weighted by Crippen LogP contribution is -2.51. The zero-order chi connectivity index (χ0) is 21.2. The normalized spacial score (nSPS) is 19.2. The summed E-state index contributed by atoms with van der Waals surface area (Å²) in [4.78, 5) is 16.1. The van der Waals surface area contributed by atoms with Crippen molar-refractivity contribution in [1.29, 1.82) is 0 Å². The van der Waals surface area contributed by atoms with Crippen molar-refractivity contribution >= 4 is 15.9 Å². The third-order valence-corrected chi connectivity index (χ3v) is 6.95. The predicted molar refractivity (Wildman–Crippen MR) is 98.7 cm³/mol. The molecule has 7 nitrogen and oxygen atoms in total. The molecule has 1 aromatic carbocycles. The van der Waals surface area contributed by atoms with Crippen molar-refractivity contribution in [2.45, 2.75) is 37.1 Å². The van der Waals surface area contributed by atoms with Gasteiger partial charge in [-0.1, -0.05) is 0 Å². The standard InChI is InChI=1S/C18H24F3N3O4S/c1-2-24(14-3-4-14)17(25)13-22-9-11-23(12-10-22)29(26,27)16-7-5-15(6-8-16)28-18(19,20)21/h5-8,14H,2-4,9-13H2,1H3. The van der Waals surface area contributed by atoms with Gasteiger partial charge in [0.15, 0.2) is 0 Å². The number of carbonyl (C=O) groups is 1. The Balaban J connectivity index is 1.56. The number of benzene rings is 1. The van der Waals surface area contributed by atoms with Gasteiger partial charge in [0.1, 0.15) is 5.75 Å². The van der Waals surface area contributed by atoms with Gasteiger partial charge in [0.25, 0.3) is 0 Å². The highest BCUT2D eigenvalue weighted by Gasteiger charge is 2.34. The maximum Gasteiger partial charge on any atom is 0.573 e. The third kappa shape index (κ3) is 5.61. The van der Waals surface area contributed by atoms with Crippen molar-refractivity contribution < 1.29 is 31.1 Å². The molecule has 0 unspecified atom stereocenters. The zero-order valence-electron chi connectivity index (χ0n) is 16.1. The van der Waals surface area contributed by atoms with Crippen LogP contribution < -0.4 is 4.74 Å². The molecule has 0 spiro atoms. The molecule has 1 saturated carbocycles. The van der Waals surface area contributed by atoms with E-state index in [1.807, 2.05) is 16.7 Å². The maximum absolute atomic E-state index is 12.7. The molecule has 2 aliphatic rings. The van der Waals surface area contributed by atoms with E-state index >= 15 is 0 Å². The van der Waals surface area contributed by atoms with Gasteiger partial charge in [0.05, 0.1) is 11.4 Å². The second-order valence-corrected chi connectivity index (χ2v) is 9.05. The fourth-order valence-electron chi connectivity index (χ4n) is 3.40. The molecule has 3 rings (SSSR count). The van der Waals surface area contributed by atoms with Crippen LogP contribution >= 0.6 is 0 Å². The van der Waals surface area contributed by atoms with Crippen LogP contribution in [0.4, 0.5) is 13.2 Å². The van der Waals surface area contributed by atoms with Gasteiger partial charge in [0.2, 0.25) is 15.9 Å². The lowest BCUT2D eigenvalue weighted by atomic mass is 10.3. The second-order valence-electron chi connectivity index (χ2n) is 7.11. The van der Waals surface area contributed by atoms with Gasteiger partial charge in [-0.25, -0.2) is 8.42 Å². The molecular weight excluding hydrogens is 411 g/mol. The first-order valence-electron chi connectivity index (χ1n) is 9.48. The quantitative estimate of drug-likeness (QED) is 0.655.